The largest absolute Gasteiger partial charge is 0.380 e. The second kappa shape index (κ2) is 7.25. The van der Waals surface area contributed by atoms with Gasteiger partial charge in [0.15, 0.2) is 0 Å². The first kappa shape index (κ1) is 16.7. The van der Waals surface area contributed by atoms with Crippen molar-refractivity contribution in [1.82, 2.24) is 14.8 Å². The summed E-state index contributed by atoms with van der Waals surface area (Å²) in [7, 11) is 0. The van der Waals surface area contributed by atoms with E-state index in [1.165, 1.54) is 6.07 Å². The van der Waals surface area contributed by atoms with Gasteiger partial charge < -0.3 is 10.1 Å². The summed E-state index contributed by atoms with van der Waals surface area (Å²) in [5, 5.41) is 7.89. The lowest BCUT2D eigenvalue weighted by atomic mass is 9.79. The van der Waals surface area contributed by atoms with Crippen molar-refractivity contribution in [2.45, 2.75) is 18.4 Å². The van der Waals surface area contributed by atoms with Crippen molar-refractivity contribution < 1.29 is 9.13 Å². The second-order valence-corrected chi connectivity index (χ2v) is 6.68. The van der Waals surface area contributed by atoms with Gasteiger partial charge in [-0.3, -0.25) is 4.98 Å². The van der Waals surface area contributed by atoms with Crippen molar-refractivity contribution in [3.63, 3.8) is 0 Å². The molecule has 0 radical (unpaired) electrons. The molecule has 0 spiro atoms. The van der Waals surface area contributed by atoms with Gasteiger partial charge in [-0.15, -0.1) is 0 Å². The molecule has 1 N–H and O–H groups in total. The molecule has 0 saturated carbocycles. The second-order valence-electron chi connectivity index (χ2n) is 6.68. The Labute approximate surface area is 151 Å². The quantitative estimate of drug-likeness (QED) is 0.740. The van der Waals surface area contributed by atoms with E-state index in [0.29, 0.717) is 26.3 Å². The molecule has 3 heterocycles. The zero-order valence-corrected chi connectivity index (χ0v) is 14.4. The van der Waals surface area contributed by atoms with Gasteiger partial charge in [-0.05, 0) is 35.7 Å². The van der Waals surface area contributed by atoms with Crippen LogP contribution in [0.2, 0.25) is 0 Å². The fourth-order valence-electron chi connectivity index (χ4n) is 3.43. The Morgan fingerprint density at radius 1 is 1.19 bits per heavy atom. The summed E-state index contributed by atoms with van der Waals surface area (Å²) in [5.74, 6) is 0.715. The van der Waals surface area contributed by atoms with Gasteiger partial charge in [0.1, 0.15) is 11.6 Å². The van der Waals surface area contributed by atoms with E-state index >= 15 is 0 Å². The van der Waals surface area contributed by atoms with E-state index in [0.717, 1.165) is 23.4 Å². The van der Waals surface area contributed by atoms with Crippen LogP contribution in [0.5, 0.6) is 0 Å². The van der Waals surface area contributed by atoms with Gasteiger partial charge in [0.2, 0.25) is 0 Å². The molecule has 1 aliphatic heterocycles. The van der Waals surface area contributed by atoms with E-state index in [1.807, 2.05) is 35.1 Å². The SMILES string of the molecule is Fc1cccc(C2(CNc3ccnn3Cc3cccnc3)CCOC2)c1. The smallest absolute Gasteiger partial charge is 0.124 e. The van der Waals surface area contributed by atoms with Crippen LogP contribution in [-0.2, 0) is 16.7 Å². The maximum absolute atomic E-state index is 13.7. The number of hydrogen-bond acceptors (Lipinski definition) is 4. The van der Waals surface area contributed by atoms with Gasteiger partial charge in [0, 0.05) is 37.0 Å². The Morgan fingerprint density at radius 3 is 2.92 bits per heavy atom. The predicted octanol–water partition coefficient (Wildman–Crippen LogP) is 3.24. The summed E-state index contributed by atoms with van der Waals surface area (Å²) in [5.41, 5.74) is 1.83. The highest BCUT2D eigenvalue weighted by Gasteiger charge is 2.37. The van der Waals surface area contributed by atoms with E-state index in [9.17, 15) is 4.39 Å². The minimum Gasteiger partial charge on any atom is -0.380 e. The van der Waals surface area contributed by atoms with Gasteiger partial charge in [0.05, 0.1) is 19.3 Å². The number of halogens is 1. The van der Waals surface area contributed by atoms with Crippen molar-refractivity contribution in [3.05, 3.63) is 78.0 Å². The molecule has 3 aromatic rings. The van der Waals surface area contributed by atoms with Gasteiger partial charge in [-0.1, -0.05) is 18.2 Å². The molecule has 0 aliphatic carbocycles. The number of nitrogens with one attached hydrogen (secondary N) is 1. The van der Waals surface area contributed by atoms with E-state index in [2.05, 4.69) is 15.4 Å². The Bertz CT molecular complexity index is 859. The van der Waals surface area contributed by atoms with Gasteiger partial charge in [-0.25, -0.2) is 9.07 Å². The molecule has 134 valence electrons. The molecule has 0 amide bonds. The zero-order valence-electron chi connectivity index (χ0n) is 14.4. The Hall–Kier alpha value is -2.73. The molecule has 1 unspecified atom stereocenters. The van der Waals surface area contributed by atoms with Crippen molar-refractivity contribution in [2.75, 3.05) is 25.1 Å². The topological polar surface area (TPSA) is 52.0 Å². The molecule has 5 nitrogen and oxygen atoms in total. The lowest BCUT2D eigenvalue weighted by Crippen LogP contribution is -2.35. The van der Waals surface area contributed by atoms with Crippen molar-refractivity contribution in [1.29, 1.82) is 0 Å². The number of anilines is 1. The minimum atomic E-state index is -0.231. The summed E-state index contributed by atoms with van der Waals surface area (Å²) in [6.07, 6.45) is 6.23. The molecule has 1 aliphatic rings. The van der Waals surface area contributed by atoms with Gasteiger partial charge in [0.25, 0.3) is 0 Å². The molecule has 26 heavy (non-hydrogen) atoms. The summed E-state index contributed by atoms with van der Waals surface area (Å²) in [6.45, 7) is 2.58. The molecule has 1 aromatic carbocycles. The fourth-order valence-corrected chi connectivity index (χ4v) is 3.43. The number of rotatable bonds is 6. The average molecular weight is 352 g/mol. The summed E-state index contributed by atoms with van der Waals surface area (Å²) in [4.78, 5) is 4.15. The standard InChI is InChI=1S/C20H21FN4O/c21-18-5-1-4-17(11-18)20(7-10-26-15-20)14-23-19-6-9-24-25(19)13-16-3-2-8-22-12-16/h1-6,8-9,11-12,23H,7,10,13-15H2. The molecular weight excluding hydrogens is 331 g/mol. The van der Waals surface area contributed by atoms with Gasteiger partial charge in [-0.2, -0.15) is 5.10 Å². The number of hydrogen-bond donors (Lipinski definition) is 1. The maximum atomic E-state index is 13.7. The lowest BCUT2D eigenvalue weighted by molar-refractivity contribution is 0.179. The fraction of sp³-hybridized carbons (Fsp3) is 0.300. The van der Waals surface area contributed by atoms with E-state index < -0.39 is 0 Å². The van der Waals surface area contributed by atoms with Crippen LogP contribution < -0.4 is 5.32 Å². The maximum Gasteiger partial charge on any atom is 0.124 e. The average Bonchev–Trinajstić information content (AvgIpc) is 3.31. The number of benzene rings is 1. The molecule has 4 rings (SSSR count). The highest BCUT2D eigenvalue weighted by Crippen LogP contribution is 2.34. The predicted molar refractivity (Wildman–Crippen MR) is 97.6 cm³/mol. The van der Waals surface area contributed by atoms with Crippen molar-refractivity contribution in [2.24, 2.45) is 0 Å². The van der Waals surface area contributed by atoms with Crippen LogP contribution in [0.25, 0.3) is 0 Å². The Morgan fingerprint density at radius 2 is 2.15 bits per heavy atom. The van der Waals surface area contributed by atoms with Crippen LogP contribution in [0.4, 0.5) is 10.2 Å². The summed E-state index contributed by atoms with van der Waals surface area (Å²) < 4.78 is 21.3. The third kappa shape index (κ3) is 3.46. The minimum absolute atomic E-state index is 0.213. The van der Waals surface area contributed by atoms with Crippen molar-refractivity contribution >= 4 is 5.82 Å². The van der Waals surface area contributed by atoms with E-state index in [1.54, 1.807) is 24.5 Å². The number of pyridine rings is 1. The van der Waals surface area contributed by atoms with Crippen LogP contribution in [0, 0.1) is 5.82 Å². The third-order valence-corrected chi connectivity index (χ3v) is 4.92. The zero-order chi connectivity index (χ0) is 17.8. The van der Waals surface area contributed by atoms with E-state index in [-0.39, 0.29) is 11.2 Å². The first-order valence-electron chi connectivity index (χ1n) is 8.74. The highest BCUT2D eigenvalue weighted by molar-refractivity contribution is 5.38. The molecule has 6 heteroatoms. The molecule has 1 saturated heterocycles. The summed E-state index contributed by atoms with van der Waals surface area (Å²) in [6, 6.07) is 12.7. The Balaban J connectivity index is 1.52. The normalized spacial score (nSPS) is 19.6. The first-order valence-corrected chi connectivity index (χ1v) is 8.74. The lowest BCUT2D eigenvalue weighted by Gasteiger charge is -2.29. The molecule has 1 fully saturated rings. The first-order chi connectivity index (χ1) is 12.8. The molecule has 0 bridgehead atoms. The number of ether oxygens (including phenoxy) is 1. The van der Waals surface area contributed by atoms with Crippen LogP contribution in [0.3, 0.4) is 0 Å². The van der Waals surface area contributed by atoms with Crippen molar-refractivity contribution in [3.8, 4) is 0 Å². The van der Waals surface area contributed by atoms with Crippen LogP contribution in [0.1, 0.15) is 17.5 Å². The van der Waals surface area contributed by atoms with E-state index in [4.69, 9.17) is 4.74 Å². The number of nitrogens with zero attached hydrogens (tertiary/aromatic N) is 3. The van der Waals surface area contributed by atoms with Gasteiger partial charge >= 0.3 is 0 Å². The highest BCUT2D eigenvalue weighted by atomic mass is 19.1. The number of aromatic nitrogens is 3. The van der Waals surface area contributed by atoms with Crippen LogP contribution in [-0.4, -0.2) is 34.5 Å². The third-order valence-electron chi connectivity index (χ3n) is 4.92. The molecule has 2 aromatic heterocycles. The Kier molecular flexibility index (Phi) is 4.67. The molecular formula is C20H21FN4O. The monoisotopic (exact) mass is 352 g/mol. The van der Waals surface area contributed by atoms with Crippen LogP contribution >= 0.6 is 0 Å². The van der Waals surface area contributed by atoms with Crippen LogP contribution in [0.15, 0.2) is 61.1 Å². The summed E-state index contributed by atoms with van der Waals surface area (Å²) >= 11 is 0. The molecule has 1 atom stereocenters.